The number of para-hydroxylation sites is 1. The highest BCUT2D eigenvalue weighted by molar-refractivity contribution is 8.13. The molecular formula is C16H17N3O2S. The molecule has 1 N–H and O–H groups in total. The van der Waals surface area contributed by atoms with Crippen LogP contribution in [0.5, 0.6) is 0 Å². The maximum absolute atomic E-state index is 11.9. The molecule has 0 unspecified atom stereocenters. The van der Waals surface area contributed by atoms with Crippen LogP contribution in [0.25, 0.3) is 10.9 Å². The molecular weight excluding hydrogens is 298 g/mol. The minimum absolute atomic E-state index is 0.00611. The lowest BCUT2D eigenvalue weighted by Gasteiger charge is -2.14. The number of aromatic nitrogens is 1. The highest BCUT2D eigenvalue weighted by atomic mass is 32.2. The van der Waals surface area contributed by atoms with Crippen molar-refractivity contribution in [3.05, 3.63) is 42.1 Å². The minimum atomic E-state index is -0.107. The van der Waals surface area contributed by atoms with Gasteiger partial charge in [0.05, 0.1) is 5.52 Å². The van der Waals surface area contributed by atoms with Gasteiger partial charge in [-0.15, -0.1) is 0 Å². The topological polar surface area (TPSA) is 62.3 Å². The van der Waals surface area contributed by atoms with Crippen molar-refractivity contribution < 1.29 is 9.59 Å². The van der Waals surface area contributed by atoms with Crippen LogP contribution in [0.3, 0.4) is 0 Å². The second-order valence-corrected chi connectivity index (χ2v) is 6.17. The van der Waals surface area contributed by atoms with Crippen molar-refractivity contribution in [2.75, 3.05) is 25.4 Å². The lowest BCUT2D eigenvalue weighted by atomic mass is 10.1. The number of hydrogen-bond donors (Lipinski definition) is 1. The molecule has 1 aromatic carbocycles. The van der Waals surface area contributed by atoms with Crippen LogP contribution in [-0.2, 0) is 11.2 Å². The third kappa shape index (κ3) is 3.39. The molecule has 2 amide bonds. The van der Waals surface area contributed by atoms with Gasteiger partial charge in [-0.05, 0) is 18.1 Å². The fourth-order valence-corrected chi connectivity index (χ4v) is 3.33. The van der Waals surface area contributed by atoms with E-state index in [0.717, 1.165) is 28.6 Å². The van der Waals surface area contributed by atoms with Crippen molar-refractivity contribution in [2.45, 2.75) is 6.42 Å². The lowest BCUT2D eigenvalue weighted by Crippen LogP contribution is -2.38. The van der Waals surface area contributed by atoms with Crippen LogP contribution < -0.4 is 5.32 Å². The summed E-state index contributed by atoms with van der Waals surface area (Å²) in [6, 6.07) is 10.0. The molecule has 0 atom stereocenters. The Hall–Kier alpha value is -2.08. The van der Waals surface area contributed by atoms with Gasteiger partial charge in [-0.1, -0.05) is 36.0 Å². The summed E-state index contributed by atoms with van der Waals surface area (Å²) in [5, 5.41) is 3.97. The molecule has 0 aliphatic carbocycles. The molecule has 0 saturated carbocycles. The van der Waals surface area contributed by atoms with Gasteiger partial charge in [0.15, 0.2) is 0 Å². The first-order valence-electron chi connectivity index (χ1n) is 7.25. The molecule has 22 heavy (non-hydrogen) atoms. The maximum atomic E-state index is 11.9. The SMILES string of the molecule is O=C(CN1CCSC1=O)NCCc1cccc2cccnc12. The molecule has 0 spiro atoms. The minimum Gasteiger partial charge on any atom is -0.354 e. The van der Waals surface area contributed by atoms with E-state index in [-0.39, 0.29) is 17.7 Å². The van der Waals surface area contributed by atoms with Gasteiger partial charge in [-0.2, -0.15) is 0 Å². The van der Waals surface area contributed by atoms with E-state index in [9.17, 15) is 9.59 Å². The highest BCUT2D eigenvalue weighted by Crippen LogP contribution is 2.17. The number of pyridine rings is 1. The number of benzene rings is 1. The van der Waals surface area contributed by atoms with Crippen molar-refractivity contribution >= 4 is 33.8 Å². The molecule has 2 heterocycles. The van der Waals surface area contributed by atoms with Crippen LogP contribution in [0, 0.1) is 0 Å². The van der Waals surface area contributed by atoms with E-state index in [0.29, 0.717) is 13.1 Å². The van der Waals surface area contributed by atoms with Gasteiger partial charge in [0.1, 0.15) is 6.54 Å². The Morgan fingerprint density at radius 3 is 3.00 bits per heavy atom. The van der Waals surface area contributed by atoms with Gasteiger partial charge < -0.3 is 10.2 Å². The molecule has 2 aromatic rings. The third-order valence-corrected chi connectivity index (χ3v) is 4.50. The number of rotatable bonds is 5. The largest absolute Gasteiger partial charge is 0.354 e. The smallest absolute Gasteiger partial charge is 0.282 e. The maximum Gasteiger partial charge on any atom is 0.282 e. The number of amides is 2. The molecule has 0 radical (unpaired) electrons. The van der Waals surface area contributed by atoms with Crippen LogP contribution in [0.15, 0.2) is 36.5 Å². The zero-order chi connectivity index (χ0) is 15.4. The number of hydrogen-bond acceptors (Lipinski definition) is 4. The third-order valence-electron chi connectivity index (χ3n) is 3.61. The van der Waals surface area contributed by atoms with Gasteiger partial charge in [0.2, 0.25) is 5.91 Å². The summed E-state index contributed by atoms with van der Waals surface area (Å²) in [5.74, 6) is 0.664. The van der Waals surface area contributed by atoms with Crippen LogP contribution in [0.2, 0.25) is 0 Å². The first-order valence-corrected chi connectivity index (χ1v) is 8.23. The summed E-state index contributed by atoms with van der Waals surface area (Å²) in [6.07, 6.45) is 2.50. The molecule has 1 saturated heterocycles. The number of carbonyl (C=O) groups excluding carboxylic acids is 2. The van der Waals surface area contributed by atoms with Crippen LogP contribution >= 0.6 is 11.8 Å². The van der Waals surface area contributed by atoms with E-state index in [4.69, 9.17) is 0 Å². The summed E-state index contributed by atoms with van der Waals surface area (Å²) in [7, 11) is 0. The summed E-state index contributed by atoms with van der Waals surface area (Å²) in [4.78, 5) is 29.3. The first kappa shape index (κ1) is 14.8. The molecule has 1 fully saturated rings. The number of carbonyl (C=O) groups is 2. The number of nitrogens with zero attached hydrogens (tertiary/aromatic N) is 2. The summed E-state index contributed by atoms with van der Waals surface area (Å²) in [5.41, 5.74) is 2.09. The van der Waals surface area contributed by atoms with Gasteiger partial charge in [0.25, 0.3) is 5.24 Å². The van der Waals surface area contributed by atoms with Crippen molar-refractivity contribution in [2.24, 2.45) is 0 Å². The predicted molar refractivity (Wildman–Crippen MR) is 87.9 cm³/mol. The Labute approximate surface area is 133 Å². The average Bonchev–Trinajstić information content (AvgIpc) is 2.93. The zero-order valence-corrected chi connectivity index (χ0v) is 12.9. The van der Waals surface area contributed by atoms with E-state index >= 15 is 0 Å². The molecule has 0 bridgehead atoms. The first-order chi connectivity index (χ1) is 10.7. The monoisotopic (exact) mass is 315 g/mol. The van der Waals surface area contributed by atoms with Crippen molar-refractivity contribution in [3.8, 4) is 0 Å². The quantitative estimate of drug-likeness (QED) is 0.917. The summed E-state index contributed by atoms with van der Waals surface area (Å²) in [6.45, 7) is 1.35. The molecule has 1 aliphatic rings. The molecule has 114 valence electrons. The van der Waals surface area contributed by atoms with E-state index in [1.165, 1.54) is 11.8 Å². The van der Waals surface area contributed by atoms with E-state index in [1.54, 1.807) is 11.1 Å². The Morgan fingerprint density at radius 2 is 2.18 bits per heavy atom. The number of nitrogens with one attached hydrogen (secondary N) is 1. The number of fused-ring (bicyclic) bond motifs is 1. The van der Waals surface area contributed by atoms with E-state index < -0.39 is 0 Å². The van der Waals surface area contributed by atoms with Crippen LogP contribution in [0.4, 0.5) is 4.79 Å². The highest BCUT2D eigenvalue weighted by Gasteiger charge is 2.22. The molecule has 6 heteroatoms. The van der Waals surface area contributed by atoms with Crippen molar-refractivity contribution in [1.82, 2.24) is 15.2 Å². The van der Waals surface area contributed by atoms with Gasteiger partial charge in [0, 0.05) is 30.4 Å². The Kier molecular flexibility index (Phi) is 4.58. The zero-order valence-electron chi connectivity index (χ0n) is 12.1. The standard InChI is InChI=1S/C16H17N3O2S/c20-14(11-19-9-10-22-16(19)21)17-8-6-13-4-1-3-12-5-2-7-18-15(12)13/h1-5,7H,6,8-11H2,(H,17,20). The van der Waals surface area contributed by atoms with E-state index in [2.05, 4.69) is 10.3 Å². The lowest BCUT2D eigenvalue weighted by molar-refractivity contribution is -0.121. The van der Waals surface area contributed by atoms with Crippen LogP contribution in [0.1, 0.15) is 5.56 Å². The molecule has 1 aromatic heterocycles. The average molecular weight is 315 g/mol. The van der Waals surface area contributed by atoms with Crippen molar-refractivity contribution in [1.29, 1.82) is 0 Å². The molecule has 5 nitrogen and oxygen atoms in total. The molecule has 1 aliphatic heterocycles. The predicted octanol–water partition coefficient (Wildman–Crippen LogP) is 2.06. The van der Waals surface area contributed by atoms with Gasteiger partial charge in [-0.3, -0.25) is 14.6 Å². The van der Waals surface area contributed by atoms with Gasteiger partial charge in [-0.25, -0.2) is 0 Å². The Bertz CT molecular complexity index is 699. The van der Waals surface area contributed by atoms with Crippen LogP contribution in [-0.4, -0.2) is 46.4 Å². The Balaban J connectivity index is 1.54. The second-order valence-electron chi connectivity index (χ2n) is 5.13. The normalized spacial score (nSPS) is 14.5. The Morgan fingerprint density at radius 1 is 1.32 bits per heavy atom. The van der Waals surface area contributed by atoms with Crippen molar-refractivity contribution in [3.63, 3.8) is 0 Å². The summed E-state index contributed by atoms with van der Waals surface area (Å²) < 4.78 is 0. The molecule has 3 rings (SSSR count). The summed E-state index contributed by atoms with van der Waals surface area (Å²) >= 11 is 1.27. The van der Waals surface area contributed by atoms with Gasteiger partial charge >= 0.3 is 0 Å². The van der Waals surface area contributed by atoms with E-state index in [1.807, 2.05) is 30.3 Å². The number of thioether (sulfide) groups is 1. The second kappa shape index (κ2) is 6.79. The fourth-order valence-electron chi connectivity index (χ4n) is 2.50. The fraction of sp³-hybridized carbons (Fsp3) is 0.312.